The number of amides is 2. The van der Waals surface area contributed by atoms with Crippen molar-refractivity contribution < 1.29 is 31.2 Å². The van der Waals surface area contributed by atoms with E-state index < -0.39 is 51.9 Å². The van der Waals surface area contributed by atoms with Crippen LogP contribution in [0.25, 0.3) is 0 Å². The van der Waals surface area contributed by atoms with Gasteiger partial charge in [-0.2, -0.15) is 13.2 Å². The Kier molecular flexibility index (Phi) is 10.2. The van der Waals surface area contributed by atoms with Gasteiger partial charge in [0.15, 0.2) is 0 Å². The number of benzene rings is 3. The van der Waals surface area contributed by atoms with Gasteiger partial charge in [0, 0.05) is 13.1 Å². The summed E-state index contributed by atoms with van der Waals surface area (Å²) in [5.74, 6) is -1.25. The fourth-order valence-electron chi connectivity index (χ4n) is 4.01. The fourth-order valence-corrected chi connectivity index (χ4v) is 5.72. The predicted octanol–water partition coefficient (Wildman–Crippen LogP) is 5.15. The number of anilines is 1. The smallest absolute Gasteiger partial charge is 0.355 e. The largest absolute Gasteiger partial charge is 0.416 e. The van der Waals surface area contributed by atoms with E-state index in [-0.39, 0.29) is 16.5 Å². The maximum Gasteiger partial charge on any atom is 0.416 e. The molecule has 1 unspecified atom stereocenters. The molecule has 7 nitrogen and oxygen atoms in total. The topological polar surface area (TPSA) is 86.8 Å². The van der Waals surface area contributed by atoms with E-state index in [2.05, 4.69) is 5.32 Å². The monoisotopic (exact) mass is 595 g/mol. The second kappa shape index (κ2) is 13.2. The van der Waals surface area contributed by atoms with Gasteiger partial charge in [0.1, 0.15) is 12.6 Å². The molecular weight excluding hydrogens is 567 g/mol. The van der Waals surface area contributed by atoms with Crippen molar-refractivity contribution in [2.45, 2.75) is 37.4 Å². The molecule has 2 amide bonds. The number of nitrogens with zero attached hydrogens (tertiary/aromatic N) is 2. The third kappa shape index (κ3) is 7.54. The number of carbonyl (C=O) groups is 2. The van der Waals surface area contributed by atoms with E-state index in [1.165, 1.54) is 36.1 Å². The Balaban J connectivity index is 2.07. The number of rotatable bonds is 11. The van der Waals surface area contributed by atoms with Crippen LogP contribution < -0.4 is 9.62 Å². The minimum absolute atomic E-state index is 0.0523. The number of halogens is 4. The molecule has 1 atom stereocenters. The van der Waals surface area contributed by atoms with Crippen LogP contribution in [0.2, 0.25) is 5.02 Å². The molecule has 0 aliphatic rings. The normalized spacial score (nSPS) is 12.4. The zero-order chi connectivity index (χ0) is 29.5. The van der Waals surface area contributed by atoms with Crippen molar-refractivity contribution in [3.63, 3.8) is 0 Å². The fraction of sp³-hybridized carbons (Fsp3) is 0.286. The average Bonchev–Trinajstić information content (AvgIpc) is 2.92. The second-order valence-electron chi connectivity index (χ2n) is 8.88. The molecule has 0 saturated carbocycles. The highest BCUT2D eigenvalue weighted by Gasteiger charge is 2.36. The maximum absolute atomic E-state index is 13.7. The highest BCUT2D eigenvalue weighted by molar-refractivity contribution is 7.92. The van der Waals surface area contributed by atoms with Gasteiger partial charge in [-0.1, -0.05) is 60.1 Å². The molecule has 3 rings (SSSR count). The zero-order valence-electron chi connectivity index (χ0n) is 21.9. The van der Waals surface area contributed by atoms with Crippen LogP contribution in [0.1, 0.15) is 25.0 Å². The van der Waals surface area contributed by atoms with Crippen LogP contribution in [0.4, 0.5) is 18.9 Å². The van der Waals surface area contributed by atoms with E-state index >= 15 is 0 Å². The third-order valence-electron chi connectivity index (χ3n) is 6.15. The molecule has 0 aliphatic heterocycles. The van der Waals surface area contributed by atoms with Gasteiger partial charge in [-0.05, 0) is 56.2 Å². The van der Waals surface area contributed by atoms with Crippen molar-refractivity contribution in [3.05, 3.63) is 95.0 Å². The first-order chi connectivity index (χ1) is 18.9. The van der Waals surface area contributed by atoms with E-state index in [0.29, 0.717) is 23.3 Å². The predicted molar refractivity (Wildman–Crippen MR) is 147 cm³/mol. The summed E-state index contributed by atoms with van der Waals surface area (Å²) in [5.41, 5.74) is -0.773. The van der Waals surface area contributed by atoms with Crippen molar-refractivity contribution in [1.29, 1.82) is 0 Å². The lowest BCUT2D eigenvalue weighted by Crippen LogP contribution is -2.52. The number of hydrogen-bond donors (Lipinski definition) is 1. The van der Waals surface area contributed by atoms with Crippen molar-refractivity contribution in [1.82, 2.24) is 10.2 Å². The van der Waals surface area contributed by atoms with Gasteiger partial charge in [-0.3, -0.25) is 13.9 Å². The molecule has 0 heterocycles. The molecule has 214 valence electrons. The number of likely N-dealkylation sites (N-methyl/N-ethyl adjacent to an activating group) is 1. The highest BCUT2D eigenvalue weighted by atomic mass is 35.5. The van der Waals surface area contributed by atoms with Gasteiger partial charge in [-0.25, -0.2) is 8.42 Å². The van der Waals surface area contributed by atoms with Gasteiger partial charge in [0.05, 0.1) is 21.2 Å². The Labute approximate surface area is 236 Å². The van der Waals surface area contributed by atoms with Crippen LogP contribution in [0.15, 0.2) is 83.8 Å². The summed E-state index contributed by atoms with van der Waals surface area (Å²) in [5, 5.41) is 2.34. The summed E-state index contributed by atoms with van der Waals surface area (Å²) in [6.45, 7) is 2.68. The molecule has 0 bridgehead atoms. The van der Waals surface area contributed by atoms with Crippen LogP contribution in [-0.4, -0.2) is 50.8 Å². The standard InChI is InChI=1S/C28H29ClF3N3O4S/c1-3-33-27(37)20(2)34(17-16-21-10-6-4-7-11-21)26(36)19-35(40(38,39)23-12-8-5-9-13-23)25-18-22(28(30,31)32)14-15-24(25)29/h4-15,18,20H,3,16-17,19H2,1-2H3,(H,33,37). The van der Waals surface area contributed by atoms with Crippen LogP contribution >= 0.6 is 11.6 Å². The Morgan fingerprint density at radius 2 is 1.57 bits per heavy atom. The van der Waals surface area contributed by atoms with E-state index in [4.69, 9.17) is 11.6 Å². The first-order valence-corrected chi connectivity index (χ1v) is 14.2. The average molecular weight is 596 g/mol. The number of nitrogens with one attached hydrogen (secondary N) is 1. The molecule has 0 aromatic heterocycles. The molecule has 0 saturated heterocycles. The molecule has 0 fully saturated rings. The van der Waals surface area contributed by atoms with Crippen molar-refractivity contribution in [2.24, 2.45) is 0 Å². The highest BCUT2D eigenvalue weighted by Crippen LogP contribution is 2.37. The minimum Gasteiger partial charge on any atom is -0.355 e. The van der Waals surface area contributed by atoms with Gasteiger partial charge >= 0.3 is 6.18 Å². The maximum atomic E-state index is 13.7. The lowest BCUT2D eigenvalue weighted by molar-refractivity contribution is -0.138. The van der Waals surface area contributed by atoms with Gasteiger partial charge in [-0.15, -0.1) is 0 Å². The number of hydrogen-bond acceptors (Lipinski definition) is 4. The summed E-state index contributed by atoms with van der Waals surface area (Å²) < 4.78 is 68.7. The van der Waals surface area contributed by atoms with Crippen molar-refractivity contribution >= 4 is 39.1 Å². The zero-order valence-corrected chi connectivity index (χ0v) is 23.4. The molecule has 1 N–H and O–H groups in total. The Hall–Kier alpha value is -3.57. The summed E-state index contributed by atoms with van der Waals surface area (Å²) in [6, 6.07) is 17.4. The lowest BCUT2D eigenvalue weighted by atomic mass is 10.1. The summed E-state index contributed by atoms with van der Waals surface area (Å²) in [4.78, 5) is 27.4. The van der Waals surface area contributed by atoms with Gasteiger partial charge < -0.3 is 10.2 Å². The van der Waals surface area contributed by atoms with Crippen LogP contribution in [0, 0.1) is 0 Å². The van der Waals surface area contributed by atoms with E-state index in [1.807, 2.05) is 30.3 Å². The van der Waals surface area contributed by atoms with Crippen LogP contribution in [0.5, 0.6) is 0 Å². The molecule has 3 aromatic rings. The Bertz CT molecular complexity index is 1420. The van der Waals surface area contributed by atoms with Crippen molar-refractivity contribution in [3.8, 4) is 0 Å². The molecule has 0 aliphatic carbocycles. The van der Waals surface area contributed by atoms with Crippen LogP contribution in [0.3, 0.4) is 0 Å². The minimum atomic E-state index is -4.79. The van der Waals surface area contributed by atoms with E-state index in [0.717, 1.165) is 17.7 Å². The quantitative estimate of drug-likeness (QED) is 0.332. The third-order valence-corrected chi connectivity index (χ3v) is 8.25. The number of sulfonamides is 1. The lowest BCUT2D eigenvalue weighted by Gasteiger charge is -2.32. The van der Waals surface area contributed by atoms with Crippen molar-refractivity contribution in [2.75, 3.05) is 23.9 Å². The summed E-state index contributed by atoms with van der Waals surface area (Å²) in [6.07, 6.45) is -4.44. The molecular formula is C28H29ClF3N3O4S. The van der Waals surface area contributed by atoms with E-state index in [9.17, 15) is 31.2 Å². The van der Waals surface area contributed by atoms with E-state index in [1.54, 1.807) is 13.0 Å². The van der Waals surface area contributed by atoms with Crippen LogP contribution in [-0.2, 0) is 32.2 Å². The Morgan fingerprint density at radius 3 is 2.15 bits per heavy atom. The molecule has 12 heteroatoms. The number of alkyl halides is 3. The molecule has 40 heavy (non-hydrogen) atoms. The molecule has 3 aromatic carbocycles. The Morgan fingerprint density at radius 1 is 0.975 bits per heavy atom. The molecule has 0 radical (unpaired) electrons. The van der Waals surface area contributed by atoms with Gasteiger partial charge in [0.25, 0.3) is 10.0 Å². The summed E-state index contributed by atoms with van der Waals surface area (Å²) >= 11 is 6.23. The first-order valence-electron chi connectivity index (χ1n) is 12.4. The molecule has 0 spiro atoms. The second-order valence-corrected chi connectivity index (χ2v) is 11.2. The number of carbonyl (C=O) groups excluding carboxylic acids is 2. The SMILES string of the molecule is CCNC(=O)C(C)N(CCc1ccccc1)C(=O)CN(c1cc(C(F)(F)F)ccc1Cl)S(=O)(=O)c1ccccc1. The first kappa shape index (κ1) is 31.0. The van der Waals surface area contributed by atoms with Gasteiger partial charge in [0.2, 0.25) is 11.8 Å². The summed E-state index contributed by atoms with van der Waals surface area (Å²) in [7, 11) is -4.56.